The van der Waals surface area contributed by atoms with Gasteiger partial charge in [-0.25, -0.2) is 9.67 Å². The van der Waals surface area contributed by atoms with Gasteiger partial charge >= 0.3 is 0 Å². The zero-order chi connectivity index (χ0) is 20.2. The van der Waals surface area contributed by atoms with E-state index >= 15 is 0 Å². The largest absolute Gasteiger partial charge is 0.323 e. The Balaban J connectivity index is 1.44. The molecule has 0 amide bonds. The SMILES string of the molecule is Cn1c2nc(Cc3cc[nH]n3)sc2c2cnn(Cc3n[nH]c4cccnc34)c(=O)c21. The number of pyridine rings is 1. The number of hydrogen-bond donors (Lipinski definition) is 2. The Morgan fingerprint density at radius 1 is 1.23 bits per heavy atom. The highest BCUT2D eigenvalue weighted by atomic mass is 32.1. The van der Waals surface area contributed by atoms with Crippen LogP contribution >= 0.6 is 11.3 Å². The molecule has 6 rings (SSSR count). The standard InChI is InChI=1S/C19H15N9OS/c1-27-16-11(17-18(27)23-14(30-17)7-10-4-6-21-24-10)8-22-28(19(16)29)9-13-15-12(25-26-13)3-2-5-20-15/h2-6,8H,7,9H2,1H3,(H,21,24)(H,25,26). The first-order valence-corrected chi connectivity index (χ1v) is 10.1. The number of aryl methyl sites for hydroxylation is 1. The summed E-state index contributed by atoms with van der Waals surface area (Å²) in [5.74, 6) is 0. The molecule has 30 heavy (non-hydrogen) atoms. The summed E-state index contributed by atoms with van der Waals surface area (Å²) < 4.78 is 4.22. The zero-order valence-electron chi connectivity index (χ0n) is 15.8. The molecule has 148 valence electrons. The number of H-pyrrole nitrogens is 2. The first-order chi connectivity index (χ1) is 14.7. The molecule has 6 aromatic rings. The lowest BCUT2D eigenvalue weighted by molar-refractivity contribution is 0.633. The smallest absolute Gasteiger partial charge is 0.291 e. The molecular formula is C19H15N9OS. The summed E-state index contributed by atoms with van der Waals surface area (Å²) in [4.78, 5) is 22.3. The Morgan fingerprint density at radius 3 is 3.03 bits per heavy atom. The zero-order valence-corrected chi connectivity index (χ0v) is 16.6. The number of aromatic nitrogens is 9. The van der Waals surface area contributed by atoms with Gasteiger partial charge in [0.2, 0.25) is 0 Å². The maximum Gasteiger partial charge on any atom is 0.291 e. The van der Waals surface area contributed by atoms with Crippen LogP contribution in [0.5, 0.6) is 0 Å². The van der Waals surface area contributed by atoms with E-state index in [4.69, 9.17) is 4.98 Å². The summed E-state index contributed by atoms with van der Waals surface area (Å²) in [5, 5.41) is 20.4. The van der Waals surface area contributed by atoms with E-state index in [1.54, 1.807) is 29.9 Å². The molecule has 0 aliphatic carbocycles. The molecule has 10 nitrogen and oxygen atoms in total. The van der Waals surface area contributed by atoms with Crippen molar-refractivity contribution in [2.75, 3.05) is 0 Å². The maximum atomic E-state index is 13.2. The van der Waals surface area contributed by atoms with E-state index in [2.05, 4.69) is 30.5 Å². The Kier molecular flexibility index (Phi) is 3.59. The minimum Gasteiger partial charge on any atom is -0.323 e. The van der Waals surface area contributed by atoms with Crippen molar-refractivity contribution < 1.29 is 0 Å². The fourth-order valence-corrected chi connectivity index (χ4v) is 4.84. The highest BCUT2D eigenvalue weighted by molar-refractivity contribution is 7.19. The average molecular weight is 417 g/mol. The molecule has 0 atom stereocenters. The van der Waals surface area contributed by atoms with Crippen molar-refractivity contribution in [1.29, 1.82) is 0 Å². The number of nitrogens with zero attached hydrogens (tertiary/aromatic N) is 7. The van der Waals surface area contributed by atoms with Crippen molar-refractivity contribution in [1.82, 2.24) is 44.7 Å². The molecule has 0 aliphatic heterocycles. The van der Waals surface area contributed by atoms with Gasteiger partial charge in [-0.2, -0.15) is 15.3 Å². The Bertz CT molecular complexity index is 1590. The highest BCUT2D eigenvalue weighted by Gasteiger charge is 2.19. The summed E-state index contributed by atoms with van der Waals surface area (Å²) >= 11 is 1.57. The minimum atomic E-state index is -0.180. The Labute approximate surface area is 172 Å². The first-order valence-electron chi connectivity index (χ1n) is 9.29. The number of rotatable bonds is 4. The van der Waals surface area contributed by atoms with Crippen molar-refractivity contribution >= 4 is 43.6 Å². The van der Waals surface area contributed by atoms with Crippen LogP contribution in [0.25, 0.3) is 32.3 Å². The van der Waals surface area contributed by atoms with E-state index in [1.165, 1.54) is 4.68 Å². The molecule has 0 saturated carbocycles. The predicted octanol–water partition coefficient (Wildman–Crippen LogP) is 1.98. The van der Waals surface area contributed by atoms with Crippen LogP contribution in [0.2, 0.25) is 0 Å². The third-order valence-electron chi connectivity index (χ3n) is 5.15. The fraction of sp³-hybridized carbons (Fsp3) is 0.158. The van der Waals surface area contributed by atoms with Crippen LogP contribution in [0.3, 0.4) is 0 Å². The summed E-state index contributed by atoms with van der Waals surface area (Å²) in [6.45, 7) is 0.239. The molecule has 6 aromatic heterocycles. The summed E-state index contributed by atoms with van der Waals surface area (Å²) in [5.41, 5.74) is 4.36. The first kappa shape index (κ1) is 17.0. The molecule has 0 aliphatic rings. The van der Waals surface area contributed by atoms with Gasteiger partial charge in [-0.3, -0.25) is 20.0 Å². The number of thiazole rings is 1. The highest BCUT2D eigenvalue weighted by Crippen LogP contribution is 2.31. The second-order valence-corrected chi connectivity index (χ2v) is 8.08. The van der Waals surface area contributed by atoms with Crippen LogP contribution in [0.1, 0.15) is 16.4 Å². The topological polar surface area (TPSA) is 123 Å². The fourth-order valence-electron chi connectivity index (χ4n) is 3.72. The van der Waals surface area contributed by atoms with Gasteiger partial charge in [0.25, 0.3) is 5.56 Å². The Hall–Kier alpha value is -3.86. The molecule has 0 radical (unpaired) electrons. The number of hydrogen-bond acceptors (Lipinski definition) is 7. The van der Waals surface area contributed by atoms with Crippen LogP contribution < -0.4 is 5.56 Å². The van der Waals surface area contributed by atoms with E-state index in [1.807, 2.05) is 29.8 Å². The van der Waals surface area contributed by atoms with E-state index in [9.17, 15) is 4.79 Å². The van der Waals surface area contributed by atoms with Gasteiger partial charge < -0.3 is 4.57 Å². The van der Waals surface area contributed by atoms with E-state index in [-0.39, 0.29) is 12.1 Å². The van der Waals surface area contributed by atoms with Crippen molar-refractivity contribution in [3.8, 4) is 0 Å². The van der Waals surface area contributed by atoms with E-state index < -0.39 is 0 Å². The van der Waals surface area contributed by atoms with Crippen LogP contribution in [0.15, 0.2) is 41.6 Å². The lowest BCUT2D eigenvalue weighted by Crippen LogP contribution is -2.24. The number of nitrogens with one attached hydrogen (secondary N) is 2. The second-order valence-electron chi connectivity index (χ2n) is 7.00. The molecular weight excluding hydrogens is 402 g/mol. The van der Waals surface area contributed by atoms with Crippen molar-refractivity contribution in [2.24, 2.45) is 7.05 Å². The molecule has 0 fully saturated rings. The number of aromatic amines is 2. The second kappa shape index (κ2) is 6.32. The average Bonchev–Trinajstić information content (AvgIpc) is 3.52. The molecule has 0 saturated heterocycles. The van der Waals surface area contributed by atoms with Gasteiger partial charge in [-0.1, -0.05) is 0 Å². The molecule has 11 heteroatoms. The van der Waals surface area contributed by atoms with Gasteiger partial charge in [0.15, 0.2) is 5.65 Å². The molecule has 2 N–H and O–H groups in total. The maximum absolute atomic E-state index is 13.2. The van der Waals surface area contributed by atoms with Crippen LogP contribution in [-0.4, -0.2) is 44.7 Å². The van der Waals surface area contributed by atoms with E-state index in [0.29, 0.717) is 17.6 Å². The molecule has 0 spiro atoms. The quantitative estimate of drug-likeness (QED) is 0.452. The van der Waals surface area contributed by atoms with Crippen molar-refractivity contribution in [3.05, 3.63) is 63.5 Å². The van der Waals surface area contributed by atoms with Crippen LogP contribution in [-0.2, 0) is 20.0 Å². The van der Waals surface area contributed by atoms with Crippen LogP contribution in [0.4, 0.5) is 0 Å². The molecule has 0 unspecified atom stereocenters. The van der Waals surface area contributed by atoms with Gasteiger partial charge in [0.1, 0.15) is 21.7 Å². The van der Waals surface area contributed by atoms with Gasteiger partial charge in [-0.05, 0) is 18.2 Å². The summed E-state index contributed by atoms with van der Waals surface area (Å²) in [6.07, 6.45) is 5.88. The van der Waals surface area contributed by atoms with Gasteiger partial charge in [0, 0.05) is 31.2 Å². The lowest BCUT2D eigenvalue weighted by Gasteiger charge is -2.04. The van der Waals surface area contributed by atoms with E-state index in [0.717, 1.165) is 37.5 Å². The lowest BCUT2D eigenvalue weighted by atomic mass is 10.3. The molecule has 6 heterocycles. The molecule has 0 aromatic carbocycles. The molecule has 0 bridgehead atoms. The predicted molar refractivity (Wildman–Crippen MR) is 113 cm³/mol. The minimum absolute atomic E-state index is 0.180. The monoisotopic (exact) mass is 417 g/mol. The normalized spacial score (nSPS) is 11.9. The third-order valence-corrected chi connectivity index (χ3v) is 6.23. The summed E-state index contributed by atoms with van der Waals surface area (Å²) in [6, 6.07) is 5.67. The number of fused-ring (bicyclic) bond motifs is 4. The summed E-state index contributed by atoms with van der Waals surface area (Å²) in [7, 11) is 1.86. The van der Waals surface area contributed by atoms with Crippen LogP contribution in [0, 0.1) is 0 Å². The van der Waals surface area contributed by atoms with Gasteiger partial charge in [-0.15, -0.1) is 11.3 Å². The Morgan fingerprint density at radius 2 is 2.17 bits per heavy atom. The van der Waals surface area contributed by atoms with Crippen molar-refractivity contribution in [2.45, 2.75) is 13.0 Å². The van der Waals surface area contributed by atoms with Gasteiger partial charge in [0.05, 0.1) is 28.7 Å². The van der Waals surface area contributed by atoms with Crippen molar-refractivity contribution in [3.63, 3.8) is 0 Å². The third kappa shape index (κ3) is 2.48.